The molecular weight excluding hydrogens is 164 g/mol. The van der Waals surface area contributed by atoms with Crippen LogP contribution in [0.15, 0.2) is 0 Å². The highest BCUT2D eigenvalue weighted by molar-refractivity contribution is 5.59. The Morgan fingerprint density at radius 1 is 1.75 bits per heavy atom. The Hall–Kier alpha value is -0.810. The Kier molecular flexibility index (Phi) is 3.31. The lowest BCUT2D eigenvalue weighted by atomic mass is 10.2. The monoisotopic (exact) mass is 176 g/mol. The highest BCUT2D eigenvalue weighted by Gasteiger charge is 2.31. The zero-order valence-electron chi connectivity index (χ0n) is 6.86. The van der Waals surface area contributed by atoms with Gasteiger partial charge in [0.15, 0.2) is 0 Å². The quantitative estimate of drug-likeness (QED) is 0.596. The minimum absolute atomic E-state index is 0.137. The van der Waals surface area contributed by atoms with Crippen molar-refractivity contribution < 1.29 is 24.1 Å². The lowest BCUT2D eigenvalue weighted by Gasteiger charge is -2.15. The van der Waals surface area contributed by atoms with E-state index in [4.69, 9.17) is 14.6 Å². The van der Waals surface area contributed by atoms with Crippen LogP contribution in [-0.4, -0.2) is 43.8 Å². The molecule has 5 nitrogen and oxygen atoms in total. The Bertz CT molecular complexity index is 158. The molecule has 1 saturated heterocycles. The first-order valence-corrected chi connectivity index (χ1v) is 3.75. The molecule has 1 N–H and O–H groups in total. The van der Waals surface area contributed by atoms with Gasteiger partial charge in [-0.2, -0.15) is 0 Å². The van der Waals surface area contributed by atoms with Gasteiger partial charge in [-0.1, -0.05) is 0 Å². The summed E-state index contributed by atoms with van der Waals surface area (Å²) in [5.74, 6) is 0. The molecule has 0 bridgehead atoms. The fraction of sp³-hybridized carbons (Fsp3) is 0.857. The smallest absolute Gasteiger partial charge is 0.438 e. The summed E-state index contributed by atoms with van der Waals surface area (Å²) in [5.41, 5.74) is 0. The molecule has 0 aromatic carbocycles. The highest BCUT2D eigenvalue weighted by Crippen LogP contribution is 2.16. The molecule has 0 radical (unpaired) electrons. The predicted octanol–water partition coefficient (Wildman–Crippen LogP) is -0.0808. The van der Waals surface area contributed by atoms with E-state index in [9.17, 15) is 4.79 Å². The van der Waals surface area contributed by atoms with Crippen molar-refractivity contribution in [3.05, 3.63) is 0 Å². The third-order valence-corrected chi connectivity index (χ3v) is 1.74. The molecule has 1 aliphatic rings. The van der Waals surface area contributed by atoms with Crippen LogP contribution in [0.2, 0.25) is 0 Å². The first-order valence-electron chi connectivity index (χ1n) is 3.75. The summed E-state index contributed by atoms with van der Waals surface area (Å²) in [5, 5.41) is 8.76. The van der Waals surface area contributed by atoms with Crippen LogP contribution in [0.5, 0.6) is 0 Å². The van der Waals surface area contributed by atoms with Crippen molar-refractivity contribution in [2.75, 3.05) is 20.3 Å². The largest absolute Gasteiger partial charge is 0.508 e. The summed E-state index contributed by atoms with van der Waals surface area (Å²) in [6.45, 7) is 0.370. The topological polar surface area (TPSA) is 65.0 Å². The molecule has 70 valence electrons. The van der Waals surface area contributed by atoms with E-state index in [-0.39, 0.29) is 12.7 Å². The Balaban J connectivity index is 2.35. The van der Waals surface area contributed by atoms with Crippen molar-refractivity contribution in [3.8, 4) is 0 Å². The number of carbonyl (C=O) groups excluding carboxylic acids is 1. The van der Waals surface area contributed by atoms with Gasteiger partial charge in [-0.15, -0.1) is 0 Å². The van der Waals surface area contributed by atoms with Crippen LogP contribution in [0.3, 0.4) is 0 Å². The maximum Gasteiger partial charge on any atom is 0.508 e. The molecule has 1 heterocycles. The van der Waals surface area contributed by atoms with E-state index >= 15 is 0 Å². The van der Waals surface area contributed by atoms with Crippen LogP contribution in [-0.2, 0) is 14.2 Å². The first kappa shape index (κ1) is 9.28. The number of rotatable bonds is 2. The fourth-order valence-electron chi connectivity index (χ4n) is 1.11. The first-order chi connectivity index (χ1) is 5.77. The van der Waals surface area contributed by atoms with E-state index in [0.717, 1.165) is 0 Å². The van der Waals surface area contributed by atoms with Gasteiger partial charge >= 0.3 is 6.16 Å². The van der Waals surface area contributed by atoms with Crippen LogP contribution in [0.25, 0.3) is 0 Å². The van der Waals surface area contributed by atoms with E-state index in [1.807, 2.05) is 0 Å². The average Bonchev–Trinajstić information content (AvgIpc) is 2.51. The molecular formula is C7H12O5. The average molecular weight is 176 g/mol. The second-order valence-electron chi connectivity index (χ2n) is 2.49. The van der Waals surface area contributed by atoms with Crippen LogP contribution in [0.4, 0.5) is 4.79 Å². The van der Waals surface area contributed by atoms with Gasteiger partial charge in [-0.25, -0.2) is 4.79 Å². The number of hydrogen-bond acceptors (Lipinski definition) is 5. The van der Waals surface area contributed by atoms with Crippen LogP contribution in [0, 0.1) is 0 Å². The molecule has 0 spiro atoms. The molecule has 1 rings (SSSR count). The van der Waals surface area contributed by atoms with Crippen LogP contribution < -0.4 is 0 Å². The van der Waals surface area contributed by atoms with Gasteiger partial charge in [-0.05, 0) is 0 Å². The van der Waals surface area contributed by atoms with Crippen LogP contribution in [0.1, 0.15) is 6.42 Å². The standard InChI is InChI=1S/C7H12O5/c1-10-7(9)12-5-2-3-11-6(5)4-8/h5-6,8H,2-4H2,1H3. The molecule has 12 heavy (non-hydrogen) atoms. The summed E-state index contributed by atoms with van der Waals surface area (Å²) in [7, 11) is 1.24. The van der Waals surface area contributed by atoms with Gasteiger partial charge in [0.25, 0.3) is 0 Å². The zero-order chi connectivity index (χ0) is 8.97. The number of carbonyl (C=O) groups is 1. The maximum absolute atomic E-state index is 10.6. The molecule has 2 unspecified atom stereocenters. The van der Waals surface area contributed by atoms with Crippen molar-refractivity contribution in [1.29, 1.82) is 0 Å². The normalized spacial score (nSPS) is 28.5. The maximum atomic E-state index is 10.6. The third-order valence-electron chi connectivity index (χ3n) is 1.74. The molecule has 0 aliphatic carbocycles. The van der Waals surface area contributed by atoms with Gasteiger partial charge in [0.1, 0.15) is 12.2 Å². The molecule has 5 heteroatoms. The Morgan fingerprint density at radius 3 is 3.08 bits per heavy atom. The molecule has 0 aromatic heterocycles. The van der Waals surface area contributed by atoms with Crippen molar-refractivity contribution in [2.45, 2.75) is 18.6 Å². The van der Waals surface area contributed by atoms with Crippen molar-refractivity contribution in [2.24, 2.45) is 0 Å². The van der Waals surface area contributed by atoms with E-state index < -0.39 is 12.3 Å². The Labute approximate surface area is 70.2 Å². The summed E-state index contributed by atoms with van der Waals surface area (Å²) < 4.78 is 14.2. The fourth-order valence-corrected chi connectivity index (χ4v) is 1.11. The lowest BCUT2D eigenvalue weighted by molar-refractivity contribution is -0.0241. The molecule has 1 aliphatic heterocycles. The van der Waals surface area contributed by atoms with Gasteiger partial charge in [0.2, 0.25) is 0 Å². The highest BCUT2D eigenvalue weighted by atomic mass is 16.7. The van der Waals surface area contributed by atoms with Crippen LogP contribution >= 0.6 is 0 Å². The number of hydrogen-bond donors (Lipinski definition) is 1. The van der Waals surface area contributed by atoms with Gasteiger partial charge in [0.05, 0.1) is 20.3 Å². The van der Waals surface area contributed by atoms with E-state index in [0.29, 0.717) is 13.0 Å². The van der Waals surface area contributed by atoms with Gasteiger partial charge in [0, 0.05) is 6.42 Å². The van der Waals surface area contributed by atoms with E-state index in [1.54, 1.807) is 0 Å². The SMILES string of the molecule is COC(=O)OC1CCOC1CO. The van der Waals surface area contributed by atoms with Gasteiger partial charge < -0.3 is 19.3 Å². The molecule has 0 aromatic rings. The second kappa shape index (κ2) is 4.27. The predicted molar refractivity (Wildman–Crippen MR) is 38.7 cm³/mol. The van der Waals surface area contributed by atoms with E-state index in [1.165, 1.54) is 7.11 Å². The second-order valence-corrected chi connectivity index (χ2v) is 2.49. The molecule has 1 fully saturated rings. The lowest BCUT2D eigenvalue weighted by Crippen LogP contribution is -2.30. The van der Waals surface area contributed by atoms with Gasteiger partial charge in [-0.3, -0.25) is 0 Å². The minimum atomic E-state index is -0.732. The summed E-state index contributed by atoms with van der Waals surface area (Å²) in [6, 6.07) is 0. The minimum Gasteiger partial charge on any atom is -0.438 e. The third kappa shape index (κ3) is 2.09. The van der Waals surface area contributed by atoms with Crippen molar-refractivity contribution in [3.63, 3.8) is 0 Å². The zero-order valence-corrected chi connectivity index (χ0v) is 6.86. The summed E-state index contributed by atoms with van der Waals surface area (Å²) in [6.07, 6.45) is -0.893. The summed E-state index contributed by atoms with van der Waals surface area (Å²) in [4.78, 5) is 10.6. The van der Waals surface area contributed by atoms with Crippen molar-refractivity contribution in [1.82, 2.24) is 0 Å². The van der Waals surface area contributed by atoms with Crippen molar-refractivity contribution >= 4 is 6.16 Å². The molecule has 0 amide bonds. The number of ether oxygens (including phenoxy) is 3. The van der Waals surface area contributed by atoms with E-state index in [2.05, 4.69) is 4.74 Å². The Morgan fingerprint density at radius 2 is 2.50 bits per heavy atom. The molecule has 0 saturated carbocycles. The number of aliphatic hydroxyl groups is 1. The number of aliphatic hydroxyl groups excluding tert-OH is 1. The number of methoxy groups -OCH3 is 1. The molecule has 2 atom stereocenters. The summed E-state index contributed by atoms with van der Waals surface area (Å²) >= 11 is 0.